The molecule has 2 aliphatic heterocycles. The summed E-state index contributed by atoms with van der Waals surface area (Å²) in [4.78, 5) is 43.6. The van der Waals surface area contributed by atoms with E-state index in [1.54, 1.807) is 32.0 Å². The third kappa shape index (κ3) is 6.54. The van der Waals surface area contributed by atoms with E-state index in [-0.39, 0.29) is 40.9 Å². The number of sulfonamides is 1. The number of esters is 2. The third-order valence-corrected chi connectivity index (χ3v) is 9.77. The van der Waals surface area contributed by atoms with Gasteiger partial charge in [-0.1, -0.05) is 35.9 Å². The van der Waals surface area contributed by atoms with Gasteiger partial charge < -0.3 is 9.47 Å². The second kappa shape index (κ2) is 13.1. The van der Waals surface area contributed by atoms with Crippen LogP contribution < -0.4 is 0 Å². The van der Waals surface area contributed by atoms with Crippen LogP contribution in [-0.2, 0) is 29.1 Å². The van der Waals surface area contributed by atoms with Gasteiger partial charge in [0.25, 0.3) is 5.69 Å². The molecule has 0 radical (unpaired) electrons. The minimum absolute atomic E-state index is 0.000121. The number of allylic oxidation sites excluding steroid dienone is 1. The molecule has 1 saturated heterocycles. The minimum atomic E-state index is -3.74. The normalized spacial score (nSPS) is 20.1. The zero-order chi connectivity index (χ0) is 30.6. The van der Waals surface area contributed by atoms with Gasteiger partial charge in [-0.15, -0.1) is 0 Å². The van der Waals surface area contributed by atoms with E-state index < -0.39 is 38.7 Å². The van der Waals surface area contributed by atoms with Crippen LogP contribution in [0.3, 0.4) is 0 Å². The molecule has 0 aromatic heterocycles. The molecule has 14 heteroatoms. The number of ether oxygens (including phenoxy) is 2. The fourth-order valence-electron chi connectivity index (χ4n) is 5.26. The van der Waals surface area contributed by atoms with Crippen molar-refractivity contribution in [2.24, 2.45) is 10.9 Å². The molecule has 0 N–H and O–H groups in total. The molecule has 1 unspecified atom stereocenters. The summed E-state index contributed by atoms with van der Waals surface area (Å²) in [6.07, 6.45) is 0. The molecule has 12 nitrogen and oxygen atoms in total. The molecule has 0 bridgehead atoms. The number of piperazine rings is 1. The first kappa shape index (κ1) is 31.3. The Morgan fingerprint density at radius 2 is 1.79 bits per heavy atom. The van der Waals surface area contributed by atoms with E-state index in [2.05, 4.69) is 4.99 Å². The molecule has 1 fully saturated rings. The van der Waals surface area contributed by atoms with Crippen LogP contribution in [0.4, 0.5) is 5.69 Å². The van der Waals surface area contributed by atoms with Crippen LogP contribution in [0.25, 0.3) is 0 Å². The van der Waals surface area contributed by atoms with Crippen molar-refractivity contribution in [2.45, 2.75) is 24.7 Å². The van der Waals surface area contributed by atoms with Crippen molar-refractivity contribution in [3.8, 4) is 0 Å². The van der Waals surface area contributed by atoms with Crippen LogP contribution in [0.15, 0.2) is 69.7 Å². The lowest BCUT2D eigenvalue weighted by Gasteiger charge is -2.34. The van der Waals surface area contributed by atoms with E-state index in [0.29, 0.717) is 36.6 Å². The highest BCUT2D eigenvalue weighted by Gasteiger charge is 2.42. The number of methoxy groups -OCH3 is 1. The average Bonchev–Trinajstić information content (AvgIpc) is 2.96. The van der Waals surface area contributed by atoms with E-state index in [0.717, 1.165) is 0 Å². The lowest BCUT2D eigenvalue weighted by Crippen LogP contribution is -2.49. The number of aliphatic imine (C=N–C) groups is 1. The molecule has 4 rings (SSSR count). The van der Waals surface area contributed by atoms with Gasteiger partial charge >= 0.3 is 11.9 Å². The molecule has 2 aliphatic rings. The summed E-state index contributed by atoms with van der Waals surface area (Å²) in [5.74, 6) is -3.21. The van der Waals surface area contributed by atoms with Crippen molar-refractivity contribution in [2.75, 3.05) is 46.4 Å². The number of benzene rings is 2. The van der Waals surface area contributed by atoms with Crippen LogP contribution in [0.1, 0.15) is 25.3 Å². The highest BCUT2D eigenvalue weighted by molar-refractivity contribution is 7.89. The van der Waals surface area contributed by atoms with Crippen molar-refractivity contribution >= 4 is 45.0 Å². The lowest BCUT2D eigenvalue weighted by atomic mass is 9.75. The van der Waals surface area contributed by atoms with Crippen LogP contribution in [0.2, 0.25) is 5.02 Å². The van der Waals surface area contributed by atoms with Crippen molar-refractivity contribution < 1.29 is 32.4 Å². The summed E-state index contributed by atoms with van der Waals surface area (Å²) >= 11 is 6.11. The molecule has 42 heavy (non-hydrogen) atoms. The fraction of sp³-hybridized carbons (Fsp3) is 0.393. The van der Waals surface area contributed by atoms with Crippen LogP contribution in [-0.4, -0.2) is 86.6 Å². The van der Waals surface area contributed by atoms with Gasteiger partial charge in [0.05, 0.1) is 22.6 Å². The quantitative estimate of drug-likeness (QED) is 0.234. The van der Waals surface area contributed by atoms with Gasteiger partial charge in [0, 0.05) is 62.2 Å². The van der Waals surface area contributed by atoms with Crippen LogP contribution in [0, 0.1) is 16.0 Å². The first-order valence-electron chi connectivity index (χ1n) is 13.2. The number of nitro benzene ring substituents is 1. The largest absolute Gasteiger partial charge is 0.468 e. The number of hydrogen-bond donors (Lipinski definition) is 0. The predicted octanol–water partition coefficient (Wildman–Crippen LogP) is 3.42. The maximum absolute atomic E-state index is 13.4. The van der Waals surface area contributed by atoms with Gasteiger partial charge in [0.15, 0.2) is 0 Å². The van der Waals surface area contributed by atoms with Gasteiger partial charge in [-0.25, -0.2) is 13.2 Å². The summed E-state index contributed by atoms with van der Waals surface area (Å²) in [7, 11) is -2.51. The zero-order valence-corrected chi connectivity index (χ0v) is 24.9. The van der Waals surface area contributed by atoms with Gasteiger partial charge in [0.2, 0.25) is 10.0 Å². The topological polar surface area (TPSA) is 149 Å². The number of rotatable bonds is 9. The van der Waals surface area contributed by atoms with Gasteiger partial charge in [-0.3, -0.25) is 24.8 Å². The van der Waals surface area contributed by atoms with Crippen molar-refractivity contribution in [3.63, 3.8) is 0 Å². The maximum atomic E-state index is 13.4. The summed E-state index contributed by atoms with van der Waals surface area (Å²) in [6, 6.07) is 12.1. The monoisotopic (exact) mass is 618 g/mol. The fourth-order valence-corrected chi connectivity index (χ4v) is 7.17. The van der Waals surface area contributed by atoms with Crippen molar-refractivity contribution in [1.29, 1.82) is 0 Å². The van der Waals surface area contributed by atoms with Crippen LogP contribution >= 0.6 is 11.6 Å². The first-order valence-corrected chi connectivity index (χ1v) is 15.0. The molecule has 0 amide bonds. The zero-order valence-electron chi connectivity index (χ0n) is 23.4. The number of carbonyl (C=O) groups excluding carboxylic acids is 2. The highest BCUT2D eigenvalue weighted by atomic mass is 35.5. The van der Waals surface area contributed by atoms with Crippen LogP contribution in [0.5, 0.6) is 0 Å². The molecule has 2 atom stereocenters. The predicted molar refractivity (Wildman–Crippen MR) is 155 cm³/mol. The van der Waals surface area contributed by atoms with E-state index in [1.165, 1.54) is 41.7 Å². The average molecular weight is 619 g/mol. The first-order chi connectivity index (χ1) is 19.9. The Balaban J connectivity index is 1.45. The molecule has 2 aromatic carbocycles. The Labute approximate surface area is 248 Å². The number of nitrogens with zero attached hydrogens (tertiary/aromatic N) is 4. The lowest BCUT2D eigenvalue weighted by molar-refractivity contribution is -0.384. The molecule has 2 heterocycles. The molecule has 0 aliphatic carbocycles. The van der Waals surface area contributed by atoms with E-state index in [4.69, 9.17) is 21.1 Å². The standard InChI is InChI=1S/C28H31ClN4O8S/c1-18-24(27(34)40-3)26(20-7-6-8-21(17-20)33(36)37)25(19(2)30-18)28(35)41-16-15-31-11-13-32(14-12-31)42(38,39)23-10-5-4-9-22(23)29/h4-10,17,24,26H,11-16H2,1-3H3/t24?,26-/m1/s1. The highest BCUT2D eigenvalue weighted by Crippen LogP contribution is 2.41. The Hall–Kier alpha value is -3.65. The summed E-state index contributed by atoms with van der Waals surface area (Å²) in [5, 5.41) is 11.6. The minimum Gasteiger partial charge on any atom is -0.468 e. The Morgan fingerprint density at radius 1 is 1.10 bits per heavy atom. The van der Waals surface area contributed by atoms with E-state index in [1.807, 2.05) is 4.90 Å². The molecule has 0 spiro atoms. The number of carbonyl (C=O) groups is 2. The SMILES string of the molecule is COC(=O)C1C(C)=NC(C)=C(C(=O)OCCN2CCN(S(=O)(=O)c3ccccc3Cl)CC2)[C@@H]1c1cccc([N+](=O)[O-])c1. The maximum Gasteiger partial charge on any atom is 0.336 e. The van der Waals surface area contributed by atoms with Crippen molar-refractivity contribution in [3.05, 3.63) is 80.5 Å². The van der Waals surface area contributed by atoms with Gasteiger partial charge in [-0.2, -0.15) is 4.31 Å². The number of hydrogen-bond acceptors (Lipinski definition) is 10. The molecular formula is C28H31ClN4O8S. The second-order valence-corrected chi connectivity index (χ2v) is 12.2. The Morgan fingerprint density at radius 3 is 2.43 bits per heavy atom. The third-order valence-electron chi connectivity index (χ3n) is 7.37. The van der Waals surface area contributed by atoms with E-state index in [9.17, 15) is 28.1 Å². The Kier molecular flexibility index (Phi) is 9.77. The van der Waals surface area contributed by atoms with E-state index >= 15 is 0 Å². The summed E-state index contributed by atoms with van der Waals surface area (Å²) < 4.78 is 38.0. The number of halogens is 1. The summed E-state index contributed by atoms with van der Waals surface area (Å²) in [5.41, 5.74) is 1.07. The van der Waals surface area contributed by atoms with Gasteiger partial charge in [0.1, 0.15) is 17.4 Å². The number of nitro groups is 1. The molecular weight excluding hydrogens is 588 g/mol. The summed E-state index contributed by atoms with van der Waals surface area (Å²) in [6.45, 7) is 4.95. The Bertz CT molecular complexity index is 1550. The van der Waals surface area contributed by atoms with Gasteiger partial charge in [-0.05, 0) is 31.5 Å². The number of non-ortho nitro benzene ring substituents is 1. The molecule has 224 valence electrons. The molecule has 2 aromatic rings. The molecule has 0 saturated carbocycles. The van der Waals surface area contributed by atoms with Crippen molar-refractivity contribution in [1.82, 2.24) is 9.21 Å². The smallest absolute Gasteiger partial charge is 0.336 e. The second-order valence-electron chi connectivity index (χ2n) is 9.89.